The van der Waals surface area contributed by atoms with Crippen molar-refractivity contribution in [1.29, 1.82) is 0 Å². The lowest BCUT2D eigenvalue weighted by Crippen LogP contribution is -2.30. The molecule has 0 saturated heterocycles. The third-order valence-electron chi connectivity index (χ3n) is 6.19. The Morgan fingerprint density at radius 2 is 1.72 bits per heavy atom. The molecule has 3 aromatic rings. The van der Waals surface area contributed by atoms with E-state index in [2.05, 4.69) is 15.1 Å². The lowest BCUT2D eigenvalue weighted by Gasteiger charge is -2.38. The number of carbonyl (C=O) groups is 1. The van der Waals surface area contributed by atoms with Crippen LogP contribution in [0.1, 0.15) is 66.4 Å². The highest BCUT2D eigenvalue weighted by atomic mass is 35.5. The highest BCUT2D eigenvalue weighted by molar-refractivity contribution is 6.32. The van der Waals surface area contributed by atoms with E-state index in [1.165, 1.54) is 10.9 Å². The molecule has 5 nitrogen and oxygen atoms in total. The van der Waals surface area contributed by atoms with Crippen molar-refractivity contribution in [3.05, 3.63) is 70.8 Å². The van der Waals surface area contributed by atoms with Gasteiger partial charge in [-0.05, 0) is 48.4 Å². The Morgan fingerprint density at radius 3 is 2.34 bits per heavy atom. The van der Waals surface area contributed by atoms with E-state index < -0.39 is 11.7 Å². The van der Waals surface area contributed by atoms with E-state index >= 15 is 0 Å². The molecule has 1 saturated carbocycles. The highest BCUT2D eigenvalue weighted by Crippen LogP contribution is 2.44. The van der Waals surface area contributed by atoms with Gasteiger partial charge in [0, 0.05) is 25.0 Å². The maximum Gasteiger partial charge on any atom is 0.416 e. The molecule has 0 N–H and O–H groups in total. The number of halogens is 4. The van der Waals surface area contributed by atoms with Crippen molar-refractivity contribution < 1.29 is 18.0 Å². The number of carbonyl (C=O) groups excluding carboxylic acids is 1. The fraction of sp³-hybridized carbons (Fsp3) is 0.391. The molecule has 168 valence electrons. The van der Waals surface area contributed by atoms with Gasteiger partial charge >= 0.3 is 6.18 Å². The Kier molecular flexibility index (Phi) is 6.33. The van der Waals surface area contributed by atoms with Gasteiger partial charge in [0.15, 0.2) is 10.9 Å². The normalized spacial score (nSPS) is 16.1. The molecule has 1 aromatic carbocycles. The average Bonchev–Trinajstić information content (AvgIpc) is 3.20. The van der Waals surface area contributed by atoms with Crippen LogP contribution in [0.5, 0.6) is 0 Å². The Balaban J connectivity index is 1.53. The molecule has 0 spiro atoms. The molecule has 0 radical (unpaired) electrons. The number of hydrogen-bond donors (Lipinski definition) is 0. The summed E-state index contributed by atoms with van der Waals surface area (Å²) in [5.74, 6) is 0.149. The van der Waals surface area contributed by atoms with Gasteiger partial charge in [-0.15, -0.1) is 0 Å². The average molecular weight is 463 g/mol. The minimum atomic E-state index is -4.37. The summed E-state index contributed by atoms with van der Waals surface area (Å²) in [5, 5.41) is 4.21. The molecule has 1 fully saturated rings. The fourth-order valence-corrected chi connectivity index (χ4v) is 4.70. The molecular formula is C23H22ClF3N4O. The van der Waals surface area contributed by atoms with Crippen molar-refractivity contribution in [3.63, 3.8) is 0 Å². The van der Waals surface area contributed by atoms with Crippen LogP contribution in [0, 0.1) is 0 Å². The maximum absolute atomic E-state index is 13.0. The number of Topliss-reactive ketones (excluding diaryl/α,β-unsaturated/α-hetero) is 1. The van der Waals surface area contributed by atoms with E-state index in [0.717, 1.165) is 49.8 Å². The number of hydrogen-bond acceptors (Lipinski definition) is 4. The summed E-state index contributed by atoms with van der Waals surface area (Å²) in [5.41, 5.74) is 0.170. The molecule has 0 bridgehead atoms. The van der Waals surface area contributed by atoms with Crippen LogP contribution in [0.3, 0.4) is 0 Å². The Morgan fingerprint density at radius 1 is 1.06 bits per heavy atom. The SMILES string of the molecule is O=C(CCC1(c2ccc(C(F)(F)F)cc2)CCCCC1)c1cn(-c2ncccn2)nc1Cl. The number of rotatable bonds is 6. The number of alkyl halides is 3. The van der Waals surface area contributed by atoms with Crippen LogP contribution >= 0.6 is 11.6 Å². The zero-order chi connectivity index (χ0) is 22.8. The minimum Gasteiger partial charge on any atom is -0.294 e. The van der Waals surface area contributed by atoms with Crippen molar-refractivity contribution in [2.45, 2.75) is 56.5 Å². The number of nitrogens with zero attached hydrogens (tertiary/aromatic N) is 4. The van der Waals surface area contributed by atoms with Gasteiger partial charge in [0.05, 0.1) is 11.1 Å². The molecule has 1 aliphatic carbocycles. The summed E-state index contributed by atoms with van der Waals surface area (Å²) < 4.78 is 40.3. The van der Waals surface area contributed by atoms with E-state index in [9.17, 15) is 18.0 Å². The zero-order valence-electron chi connectivity index (χ0n) is 17.3. The second-order valence-electron chi connectivity index (χ2n) is 8.17. The van der Waals surface area contributed by atoms with Gasteiger partial charge in [-0.2, -0.15) is 18.3 Å². The zero-order valence-corrected chi connectivity index (χ0v) is 18.0. The van der Waals surface area contributed by atoms with Crippen molar-refractivity contribution in [3.8, 4) is 5.95 Å². The third-order valence-corrected chi connectivity index (χ3v) is 6.47. The van der Waals surface area contributed by atoms with Crippen LogP contribution in [0.25, 0.3) is 5.95 Å². The highest BCUT2D eigenvalue weighted by Gasteiger charge is 2.36. The third kappa shape index (κ3) is 4.70. The first-order valence-corrected chi connectivity index (χ1v) is 10.9. The first kappa shape index (κ1) is 22.5. The smallest absolute Gasteiger partial charge is 0.294 e. The largest absolute Gasteiger partial charge is 0.416 e. The number of aromatic nitrogens is 4. The van der Waals surface area contributed by atoms with Crippen LogP contribution in [0.4, 0.5) is 13.2 Å². The summed E-state index contributed by atoms with van der Waals surface area (Å²) in [6.07, 6.45) is 5.80. The predicted octanol–water partition coefficient (Wildman–Crippen LogP) is 6.20. The van der Waals surface area contributed by atoms with Crippen LogP contribution in [-0.4, -0.2) is 25.5 Å². The first-order chi connectivity index (χ1) is 15.3. The van der Waals surface area contributed by atoms with Crippen LogP contribution < -0.4 is 0 Å². The molecule has 2 aromatic heterocycles. The van der Waals surface area contributed by atoms with Crippen LogP contribution in [-0.2, 0) is 11.6 Å². The Hall–Kier alpha value is -2.74. The maximum atomic E-state index is 13.0. The summed E-state index contributed by atoms with van der Waals surface area (Å²) in [6, 6.07) is 7.07. The summed E-state index contributed by atoms with van der Waals surface area (Å²) in [4.78, 5) is 21.2. The van der Waals surface area contributed by atoms with Gasteiger partial charge in [0.2, 0.25) is 5.95 Å². The standard InChI is InChI=1S/C23H22ClF3N4O/c24-20-18(15-31(30-20)21-28-13-4-14-29-21)19(32)9-12-22(10-2-1-3-11-22)16-5-7-17(8-6-16)23(25,26)27/h4-8,13-15H,1-3,9-12H2. The quantitative estimate of drug-likeness (QED) is 0.409. The van der Waals surface area contributed by atoms with Gasteiger partial charge in [0.25, 0.3) is 0 Å². The molecule has 0 amide bonds. The molecule has 4 rings (SSSR count). The molecule has 1 aliphatic rings. The Bertz CT molecular complexity index is 1070. The number of ketones is 1. The van der Waals surface area contributed by atoms with Gasteiger partial charge in [-0.25, -0.2) is 14.6 Å². The van der Waals surface area contributed by atoms with Crippen molar-refractivity contribution in [2.24, 2.45) is 0 Å². The lowest BCUT2D eigenvalue weighted by atomic mass is 9.66. The Labute approximate surface area is 188 Å². The van der Waals surface area contributed by atoms with E-state index in [-0.39, 0.29) is 28.3 Å². The van der Waals surface area contributed by atoms with Gasteiger partial charge in [0.1, 0.15) is 0 Å². The minimum absolute atomic E-state index is 0.0784. The molecule has 32 heavy (non-hydrogen) atoms. The van der Waals surface area contributed by atoms with Gasteiger partial charge in [-0.1, -0.05) is 43.0 Å². The number of benzene rings is 1. The lowest BCUT2D eigenvalue weighted by molar-refractivity contribution is -0.137. The molecule has 0 aliphatic heterocycles. The molecule has 9 heteroatoms. The van der Waals surface area contributed by atoms with Crippen molar-refractivity contribution in [1.82, 2.24) is 19.7 Å². The second-order valence-corrected chi connectivity index (χ2v) is 8.52. The van der Waals surface area contributed by atoms with E-state index in [1.807, 2.05) is 0 Å². The van der Waals surface area contributed by atoms with E-state index in [4.69, 9.17) is 11.6 Å². The second kappa shape index (κ2) is 9.02. The predicted molar refractivity (Wildman–Crippen MR) is 114 cm³/mol. The topological polar surface area (TPSA) is 60.7 Å². The molecule has 0 atom stereocenters. The van der Waals surface area contributed by atoms with Gasteiger partial charge in [-0.3, -0.25) is 4.79 Å². The molecule has 2 heterocycles. The molecule has 0 unspecified atom stereocenters. The summed E-state index contributed by atoms with van der Waals surface area (Å²) in [7, 11) is 0. The summed E-state index contributed by atoms with van der Waals surface area (Å²) >= 11 is 6.21. The first-order valence-electron chi connectivity index (χ1n) is 10.5. The van der Waals surface area contributed by atoms with Gasteiger partial charge < -0.3 is 0 Å². The van der Waals surface area contributed by atoms with Crippen LogP contribution in [0.15, 0.2) is 48.9 Å². The summed E-state index contributed by atoms with van der Waals surface area (Å²) in [6.45, 7) is 0. The van der Waals surface area contributed by atoms with Crippen molar-refractivity contribution >= 4 is 17.4 Å². The molecular weight excluding hydrogens is 441 g/mol. The van der Waals surface area contributed by atoms with E-state index in [1.54, 1.807) is 30.6 Å². The van der Waals surface area contributed by atoms with Crippen molar-refractivity contribution in [2.75, 3.05) is 0 Å². The fourth-order valence-electron chi connectivity index (χ4n) is 4.46. The van der Waals surface area contributed by atoms with E-state index in [0.29, 0.717) is 12.4 Å². The monoisotopic (exact) mass is 462 g/mol. The van der Waals surface area contributed by atoms with Crippen LogP contribution in [0.2, 0.25) is 5.15 Å².